The molecule has 0 saturated carbocycles. The number of H-pyrrole nitrogens is 1. The van der Waals surface area contributed by atoms with E-state index in [9.17, 15) is 9.90 Å². The predicted molar refractivity (Wildman–Crippen MR) is 132 cm³/mol. The highest BCUT2D eigenvalue weighted by molar-refractivity contribution is 7.15. The fourth-order valence-electron chi connectivity index (χ4n) is 3.74. The Kier molecular flexibility index (Phi) is 5.79. The molecule has 4 N–H and O–H groups in total. The van der Waals surface area contributed by atoms with Gasteiger partial charge in [-0.25, -0.2) is 19.7 Å². The van der Waals surface area contributed by atoms with Crippen molar-refractivity contribution in [3.8, 4) is 10.6 Å². The summed E-state index contributed by atoms with van der Waals surface area (Å²) in [4.78, 5) is 29.0. The monoisotopic (exact) mass is 471 g/mol. The molecule has 1 unspecified atom stereocenters. The van der Waals surface area contributed by atoms with Crippen LogP contribution in [-0.2, 0) is 0 Å². The van der Waals surface area contributed by atoms with Gasteiger partial charge >= 0.3 is 5.97 Å². The summed E-state index contributed by atoms with van der Waals surface area (Å²) >= 11 is 1.45. The smallest absolute Gasteiger partial charge is 0.335 e. The van der Waals surface area contributed by atoms with Crippen LogP contribution < -0.4 is 5.32 Å². The number of hydrogen-bond donors (Lipinski definition) is 4. The highest BCUT2D eigenvalue weighted by Crippen LogP contribution is 2.33. The molecule has 0 radical (unpaired) electrons. The van der Waals surface area contributed by atoms with Crippen LogP contribution in [0.4, 0.5) is 11.6 Å². The van der Waals surface area contributed by atoms with Crippen LogP contribution in [0.2, 0.25) is 0 Å². The average molecular weight is 472 g/mol. The van der Waals surface area contributed by atoms with Crippen molar-refractivity contribution < 1.29 is 15.0 Å². The summed E-state index contributed by atoms with van der Waals surface area (Å²) in [7, 11) is 0. The van der Waals surface area contributed by atoms with E-state index in [-0.39, 0.29) is 18.1 Å². The van der Waals surface area contributed by atoms with Crippen molar-refractivity contribution in [2.24, 2.45) is 0 Å². The summed E-state index contributed by atoms with van der Waals surface area (Å²) in [6.07, 6.45) is 3.61. The number of aliphatic hydroxyl groups is 1. The molecule has 5 rings (SSSR count). The number of benzene rings is 1. The van der Waals surface area contributed by atoms with Gasteiger partial charge in [-0.15, -0.1) is 11.3 Å². The third kappa shape index (κ3) is 4.39. The number of anilines is 2. The van der Waals surface area contributed by atoms with E-state index in [2.05, 4.69) is 20.3 Å². The zero-order valence-corrected chi connectivity index (χ0v) is 19.0. The van der Waals surface area contributed by atoms with Gasteiger partial charge in [-0.1, -0.05) is 12.1 Å². The van der Waals surface area contributed by atoms with Crippen LogP contribution in [0.5, 0.6) is 0 Å². The number of aliphatic hydroxyl groups excluding tert-OH is 1. The second-order valence-electron chi connectivity index (χ2n) is 7.88. The lowest BCUT2D eigenvalue weighted by atomic mass is 9.99. The van der Waals surface area contributed by atoms with Gasteiger partial charge in [0.25, 0.3) is 0 Å². The molecular weight excluding hydrogens is 450 g/mol. The molecule has 4 heterocycles. The molecule has 1 atom stereocenters. The zero-order chi connectivity index (χ0) is 23.7. The Morgan fingerprint density at radius 2 is 1.91 bits per heavy atom. The molecule has 0 saturated heterocycles. The van der Waals surface area contributed by atoms with E-state index in [4.69, 9.17) is 10.1 Å². The van der Waals surface area contributed by atoms with Gasteiger partial charge in [-0.3, -0.25) is 0 Å². The van der Waals surface area contributed by atoms with E-state index in [1.807, 2.05) is 43.5 Å². The average Bonchev–Trinajstić information content (AvgIpc) is 3.49. The Hall–Kier alpha value is -4.08. The molecule has 170 valence electrons. The van der Waals surface area contributed by atoms with Gasteiger partial charge in [0.1, 0.15) is 22.3 Å². The Bertz CT molecular complexity index is 1480. The number of pyridine rings is 2. The molecule has 0 spiro atoms. The first-order valence-corrected chi connectivity index (χ1v) is 11.4. The zero-order valence-electron chi connectivity index (χ0n) is 18.2. The first-order chi connectivity index (χ1) is 16.5. The van der Waals surface area contributed by atoms with E-state index >= 15 is 0 Å². The number of aromatic amines is 1. The van der Waals surface area contributed by atoms with Crippen molar-refractivity contribution in [1.29, 1.82) is 0 Å². The maximum Gasteiger partial charge on any atom is 0.335 e. The van der Waals surface area contributed by atoms with Crippen LogP contribution in [0.3, 0.4) is 0 Å². The summed E-state index contributed by atoms with van der Waals surface area (Å²) < 4.78 is 0. The number of rotatable bonds is 7. The highest BCUT2D eigenvalue weighted by atomic mass is 32.1. The van der Waals surface area contributed by atoms with Gasteiger partial charge in [0.15, 0.2) is 0 Å². The topological polar surface area (TPSA) is 124 Å². The van der Waals surface area contributed by atoms with Crippen molar-refractivity contribution in [1.82, 2.24) is 19.9 Å². The van der Waals surface area contributed by atoms with Crippen molar-refractivity contribution in [2.45, 2.75) is 12.8 Å². The minimum absolute atomic E-state index is 0.139. The Labute approximate surface area is 199 Å². The van der Waals surface area contributed by atoms with Crippen LogP contribution in [-0.4, -0.2) is 42.7 Å². The van der Waals surface area contributed by atoms with E-state index in [0.717, 1.165) is 37.7 Å². The summed E-state index contributed by atoms with van der Waals surface area (Å²) in [5.41, 5.74) is 3.61. The standard InChI is InChI=1S/C25H21N5O3S/c1-14-10-19(28-22(11-14)29-21-7-6-16-8-9-26-23(16)30-21)20-12-27-24(34-20)18(13-31)15-2-4-17(5-3-15)25(32)33/h2-12,18,31H,13H2,1H3,(H,32,33)(H2,26,28,29,30). The number of nitrogens with one attached hydrogen (secondary N) is 2. The lowest BCUT2D eigenvalue weighted by Gasteiger charge is -2.12. The summed E-state index contributed by atoms with van der Waals surface area (Å²) in [6.45, 7) is 1.86. The number of carboxylic acids is 1. The van der Waals surface area contributed by atoms with Crippen molar-refractivity contribution in [2.75, 3.05) is 11.9 Å². The van der Waals surface area contributed by atoms with E-state index in [1.54, 1.807) is 18.3 Å². The van der Waals surface area contributed by atoms with Gasteiger partial charge in [0.2, 0.25) is 0 Å². The van der Waals surface area contributed by atoms with Crippen LogP contribution in [0.25, 0.3) is 21.6 Å². The summed E-state index contributed by atoms with van der Waals surface area (Å²) in [5, 5.41) is 24.2. The number of aromatic carboxylic acids is 1. The molecule has 5 aromatic rings. The van der Waals surface area contributed by atoms with Crippen LogP contribution in [0.1, 0.15) is 32.4 Å². The highest BCUT2D eigenvalue weighted by Gasteiger charge is 2.19. The number of nitrogens with zero attached hydrogens (tertiary/aromatic N) is 3. The molecule has 0 aliphatic carbocycles. The molecule has 0 fully saturated rings. The molecule has 8 nitrogen and oxygen atoms in total. The van der Waals surface area contributed by atoms with E-state index < -0.39 is 5.97 Å². The number of carboxylic acid groups (broad SMARTS) is 1. The van der Waals surface area contributed by atoms with Crippen molar-refractivity contribution in [3.63, 3.8) is 0 Å². The molecule has 0 amide bonds. The maximum atomic E-state index is 11.1. The molecule has 0 bridgehead atoms. The Balaban J connectivity index is 1.41. The lowest BCUT2D eigenvalue weighted by molar-refractivity contribution is 0.0697. The van der Waals surface area contributed by atoms with Gasteiger partial charge in [-0.05, 0) is 60.5 Å². The largest absolute Gasteiger partial charge is 0.478 e. The third-order valence-corrected chi connectivity index (χ3v) is 6.59. The molecule has 9 heteroatoms. The van der Waals surface area contributed by atoms with E-state index in [0.29, 0.717) is 11.6 Å². The molecule has 0 aliphatic rings. The lowest BCUT2D eigenvalue weighted by Crippen LogP contribution is -2.06. The predicted octanol–water partition coefficient (Wildman–Crippen LogP) is 4.96. The van der Waals surface area contributed by atoms with Crippen molar-refractivity contribution >= 4 is 40.0 Å². The normalized spacial score (nSPS) is 12.1. The molecular formula is C25H21N5O3S. The summed E-state index contributed by atoms with van der Waals surface area (Å²) in [6, 6.07) is 16.3. The second kappa shape index (κ2) is 9.05. The van der Waals surface area contributed by atoms with Crippen LogP contribution in [0.15, 0.2) is 67.0 Å². The number of hydrogen-bond acceptors (Lipinski definition) is 7. The van der Waals surface area contributed by atoms with Gasteiger partial charge in [0, 0.05) is 17.8 Å². The van der Waals surface area contributed by atoms with Crippen molar-refractivity contribution in [3.05, 3.63) is 88.7 Å². The third-order valence-electron chi connectivity index (χ3n) is 5.45. The number of carbonyl (C=O) groups is 1. The number of fused-ring (bicyclic) bond motifs is 1. The molecule has 1 aromatic carbocycles. The van der Waals surface area contributed by atoms with Crippen LogP contribution >= 0.6 is 11.3 Å². The number of thiazole rings is 1. The molecule has 34 heavy (non-hydrogen) atoms. The summed E-state index contributed by atoms with van der Waals surface area (Å²) in [5.74, 6) is 0.0304. The van der Waals surface area contributed by atoms with Gasteiger partial charge in [-0.2, -0.15) is 0 Å². The SMILES string of the molecule is Cc1cc(Nc2ccc3cc[nH]c3n2)nc(-c2cnc(C(CO)c3ccc(C(=O)O)cc3)s2)c1. The molecule has 4 aromatic heterocycles. The first-order valence-electron chi connectivity index (χ1n) is 10.6. The van der Waals surface area contributed by atoms with Crippen LogP contribution in [0, 0.1) is 6.92 Å². The number of aromatic nitrogens is 4. The number of aryl methyl sites for hydroxylation is 1. The van der Waals surface area contributed by atoms with Gasteiger partial charge < -0.3 is 20.5 Å². The minimum atomic E-state index is -0.985. The molecule has 0 aliphatic heterocycles. The minimum Gasteiger partial charge on any atom is -0.478 e. The van der Waals surface area contributed by atoms with Gasteiger partial charge in [0.05, 0.1) is 28.7 Å². The Morgan fingerprint density at radius 1 is 1.09 bits per heavy atom. The van der Waals surface area contributed by atoms with E-state index in [1.165, 1.54) is 23.5 Å². The fourth-order valence-corrected chi connectivity index (χ4v) is 4.74. The quantitative estimate of drug-likeness (QED) is 0.265. The first kappa shape index (κ1) is 21.7. The maximum absolute atomic E-state index is 11.1. The second-order valence-corrected chi connectivity index (χ2v) is 8.94. The fraction of sp³-hybridized carbons (Fsp3) is 0.120. The Morgan fingerprint density at radius 3 is 2.68 bits per heavy atom.